The van der Waals surface area contributed by atoms with Crippen molar-refractivity contribution >= 4 is 102 Å². The number of fused-ring (bicyclic) bond motifs is 3. The first-order valence-electron chi connectivity index (χ1n) is 18.7. The Morgan fingerprint density at radius 3 is 1.56 bits per heavy atom. The van der Waals surface area contributed by atoms with Crippen molar-refractivity contribution in [3.05, 3.63) is 173 Å². The summed E-state index contributed by atoms with van der Waals surface area (Å²) in [4.78, 5) is 31.2. The van der Waals surface area contributed by atoms with Crippen LogP contribution in [-0.2, 0) is 0 Å². The number of amides is 2. The Labute approximate surface area is 356 Å². The molecule has 296 valence electrons. The standard InChI is InChI=1S/C47H29Cl2N7O5/c48-35-13-5-7-15-37(35)50-45(59)33-23-27-9-1-3-11-31(27)41(43(33)57)55-53-29-19-17-26(18-20-29)47-52-39-22-21-30(25-40(39)61-47)54-56-42-32-12-4-2-10-28(32)24-34(44(42)58)46(60)51-38-16-8-6-14-36(38)49/h1-25,57-58H,(H,50,59)(H,51,60)/b55-53+,56-54+. The molecule has 4 N–H and O–H groups in total. The fourth-order valence-corrected chi connectivity index (χ4v) is 7.04. The lowest BCUT2D eigenvalue weighted by Gasteiger charge is -2.12. The number of hydrogen-bond donors (Lipinski definition) is 4. The van der Waals surface area contributed by atoms with Crippen molar-refractivity contribution in [1.82, 2.24) is 4.98 Å². The van der Waals surface area contributed by atoms with Gasteiger partial charge in [0.25, 0.3) is 11.8 Å². The van der Waals surface area contributed by atoms with E-state index in [1.165, 1.54) is 0 Å². The molecule has 0 saturated carbocycles. The molecule has 0 spiro atoms. The van der Waals surface area contributed by atoms with Crippen LogP contribution in [0.3, 0.4) is 0 Å². The van der Waals surface area contributed by atoms with Gasteiger partial charge in [-0.15, -0.1) is 10.2 Å². The van der Waals surface area contributed by atoms with Crippen molar-refractivity contribution in [3.63, 3.8) is 0 Å². The summed E-state index contributed by atoms with van der Waals surface area (Å²) < 4.78 is 6.12. The van der Waals surface area contributed by atoms with Gasteiger partial charge in [0.2, 0.25) is 5.89 Å². The first kappa shape index (κ1) is 38.6. The minimum atomic E-state index is -0.561. The number of para-hydroxylation sites is 2. The van der Waals surface area contributed by atoms with E-state index in [9.17, 15) is 19.8 Å². The second-order valence-corrected chi connectivity index (χ2v) is 14.5. The van der Waals surface area contributed by atoms with E-state index in [2.05, 4.69) is 36.1 Å². The molecule has 9 aromatic rings. The van der Waals surface area contributed by atoms with E-state index in [-0.39, 0.29) is 34.0 Å². The molecule has 0 fully saturated rings. The second kappa shape index (κ2) is 16.4. The summed E-state index contributed by atoms with van der Waals surface area (Å²) in [6, 6.07) is 43.4. The van der Waals surface area contributed by atoms with Gasteiger partial charge in [-0.1, -0.05) is 96.0 Å². The highest BCUT2D eigenvalue weighted by Gasteiger charge is 2.21. The SMILES string of the molecule is O=C(Nc1ccccc1Cl)c1cc2ccccc2c(/N=N/c2ccc(-c3nc4ccc(/N=N/c5c(O)c(C(=O)Nc6ccccc6Cl)cc6ccccc56)cc4o3)cc2)c1O. The zero-order valence-corrected chi connectivity index (χ0v) is 33.1. The van der Waals surface area contributed by atoms with E-state index >= 15 is 0 Å². The molecule has 0 saturated heterocycles. The maximum absolute atomic E-state index is 13.3. The van der Waals surface area contributed by atoms with Gasteiger partial charge in [0, 0.05) is 22.4 Å². The van der Waals surface area contributed by atoms with E-state index in [4.69, 9.17) is 27.6 Å². The number of phenolic OH excluding ortho intramolecular Hbond substituents is 2. The van der Waals surface area contributed by atoms with Crippen LogP contribution < -0.4 is 10.6 Å². The number of aromatic nitrogens is 1. The second-order valence-electron chi connectivity index (χ2n) is 13.7. The van der Waals surface area contributed by atoms with Crippen molar-refractivity contribution in [2.45, 2.75) is 0 Å². The van der Waals surface area contributed by atoms with Crippen LogP contribution in [0.1, 0.15) is 20.7 Å². The van der Waals surface area contributed by atoms with Crippen LogP contribution >= 0.6 is 23.2 Å². The molecule has 0 radical (unpaired) electrons. The summed E-state index contributed by atoms with van der Waals surface area (Å²) in [6.07, 6.45) is 0. The van der Waals surface area contributed by atoms with Crippen molar-refractivity contribution in [3.8, 4) is 23.0 Å². The Bertz CT molecular complexity index is 3260. The molecule has 8 aromatic carbocycles. The number of aromatic hydroxyl groups is 2. The molecule has 0 aliphatic rings. The smallest absolute Gasteiger partial charge is 0.259 e. The van der Waals surface area contributed by atoms with Crippen LogP contribution in [0.2, 0.25) is 10.0 Å². The van der Waals surface area contributed by atoms with Crippen molar-refractivity contribution in [2.75, 3.05) is 10.6 Å². The number of hydrogen-bond acceptors (Lipinski definition) is 10. The maximum atomic E-state index is 13.3. The van der Waals surface area contributed by atoms with E-state index in [1.54, 1.807) is 121 Å². The third-order valence-corrected chi connectivity index (χ3v) is 10.4. The Morgan fingerprint density at radius 2 is 1.02 bits per heavy atom. The highest BCUT2D eigenvalue weighted by molar-refractivity contribution is 6.34. The van der Waals surface area contributed by atoms with Gasteiger partial charge in [-0.25, -0.2) is 4.98 Å². The molecule has 12 nitrogen and oxygen atoms in total. The maximum Gasteiger partial charge on any atom is 0.259 e. The highest BCUT2D eigenvalue weighted by Crippen LogP contribution is 2.42. The van der Waals surface area contributed by atoms with Gasteiger partial charge in [0.1, 0.15) is 16.9 Å². The molecule has 0 unspecified atom stereocenters. The fourth-order valence-electron chi connectivity index (χ4n) is 6.67. The zero-order chi connectivity index (χ0) is 42.0. The van der Waals surface area contributed by atoms with Crippen LogP contribution in [0, 0.1) is 0 Å². The van der Waals surface area contributed by atoms with E-state index in [0.29, 0.717) is 76.9 Å². The molecule has 0 aliphatic heterocycles. The molecule has 9 rings (SSSR count). The number of halogens is 2. The van der Waals surface area contributed by atoms with Gasteiger partial charge in [-0.05, 0) is 83.6 Å². The first-order valence-corrected chi connectivity index (χ1v) is 19.4. The summed E-state index contributed by atoms with van der Waals surface area (Å²) in [5.74, 6) is -1.44. The number of carbonyl (C=O) groups is 2. The average Bonchev–Trinajstić information content (AvgIpc) is 3.71. The summed E-state index contributed by atoms with van der Waals surface area (Å²) in [6.45, 7) is 0. The topological polar surface area (TPSA) is 174 Å². The third kappa shape index (κ3) is 7.84. The van der Waals surface area contributed by atoms with Crippen LogP contribution in [-0.4, -0.2) is 27.0 Å². The van der Waals surface area contributed by atoms with Gasteiger partial charge in [-0.2, -0.15) is 10.2 Å². The summed E-state index contributed by atoms with van der Waals surface area (Å²) >= 11 is 12.5. The molecule has 0 bridgehead atoms. The number of nitrogens with zero attached hydrogens (tertiary/aromatic N) is 5. The van der Waals surface area contributed by atoms with E-state index in [0.717, 1.165) is 0 Å². The Balaban J connectivity index is 0.956. The normalized spacial score (nSPS) is 11.6. The quantitative estimate of drug-likeness (QED) is 0.105. The van der Waals surface area contributed by atoms with Crippen molar-refractivity contribution in [2.24, 2.45) is 20.5 Å². The number of benzene rings is 8. The van der Waals surface area contributed by atoms with Gasteiger partial charge in [0.15, 0.2) is 17.1 Å². The summed E-state index contributed by atoms with van der Waals surface area (Å²) in [5.41, 5.74) is 3.64. The molecular weight excluding hydrogens is 813 g/mol. The van der Waals surface area contributed by atoms with Gasteiger partial charge in [0.05, 0.1) is 43.9 Å². The minimum Gasteiger partial charge on any atom is -0.505 e. The van der Waals surface area contributed by atoms with Crippen LogP contribution in [0.4, 0.5) is 34.1 Å². The van der Waals surface area contributed by atoms with Crippen molar-refractivity contribution in [1.29, 1.82) is 0 Å². The molecule has 0 atom stereocenters. The number of rotatable bonds is 9. The number of phenols is 2. The lowest BCUT2D eigenvalue weighted by atomic mass is 10.0. The molecule has 2 amide bonds. The monoisotopic (exact) mass is 841 g/mol. The minimum absolute atomic E-state index is 0.00546. The van der Waals surface area contributed by atoms with E-state index < -0.39 is 11.8 Å². The summed E-state index contributed by atoms with van der Waals surface area (Å²) in [5, 5.41) is 48.9. The molecular formula is C47H29Cl2N7O5. The highest BCUT2D eigenvalue weighted by atomic mass is 35.5. The van der Waals surface area contributed by atoms with Gasteiger partial charge in [-0.3, -0.25) is 9.59 Å². The largest absolute Gasteiger partial charge is 0.505 e. The van der Waals surface area contributed by atoms with Gasteiger partial charge >= 0.3 is 0 Å². The lowest BCUT2D eigenvalue weighted by Crippen LogP contribution is -2.12. The van der Waals surface area contributed by atoms with Crippen LogP contribution in [0.15, 0.2) is 177 Å². The number of carbonyl (C=O) groups excluding carboxylic acids is 2. The average molecular weight is 843 g/mol. The van der Waals surface area contributed by atoms with Crippen LogP contribution in [0.25, 0.3) is 44.1 Å². The van der Waals surface area contributed by atoms with Crippen molar-refractivity contribution < 1.29 is 24.2 Å². The third-order valence-electron chi connectivity index (χ3n) is 9.74. The first-order chi connectivity index (χ1) is 29.7. The number of nitrogens with one attached hydrogen (secondary N) is 2. The predicted molar refractivity (Wildman–Crippen MR) is 238 cm³/mol. The molecule has 1 heterocycles. The molecule has 61 heavy (non-hydrogen) atoms. The Hall–Kier alpha value is -7.93. The Morgan fingerprint density at radius 1 is 0.541 bits per heavy atom. The number of azo groups is 2. The fraction of sp³-hybridized carbons (Fsp3) is 0. The summed E-state index contributed by atoms with van der Waals surface area (Å²) in [7, 11) is 0. The predicted octanol–water partition coefficient (Wildman–Crippen LogP) is 13.9. The molecule has 0 aliphatic carbocycles. The lowest BCUT2D eigenvalue weighted by molar-refractivity contribution is 0.101. The number of anilines is 2. The van der Waals surface area contributed by atoms with Gasteiger partial charge < -0.3 is 25.3 Å². The van der Waals surface area contributed by atoms with E-state index in [1.807, 2.05) is 30.3 Å². The zero-order valence-electron chi connectivity index (χ0n) is 31.5. The van der Waals surface area contributed by atoms with Crippen LogP contribution in [0.5, 0.6) is 11.5 Å². The molecule has 1 aromatic heterocycles. The number of oxazole rings is 1. The Kier molecular flexibility index (Phi) is 10.4. The molecule has 14 heteroatoms.